The maximum atomic E-state index is 10.7. The van der Waals surface area contributed by atoms with Crippen LogP contribution >= 0.6 is 0 Å². The molecule has 0 aromatic carbocycles. The molecular weight excluding hydrogens is 180 g/mol. The first kappa shape index (κ1) is 8.74. The summed E-state index contributed by atoms with van der Waals surface area (Å²) in [6, 6.07) is -0.0106. The van der Waals surface area contributed by atoms with Gasteiger partial charge in [-0.3, -0.25) is 0 Å². The van der Waals surface area contributed by atoms with Gasteiger partial charge >= 0.3 is 5.97 Å². The first-order chi connectivity index (χ1) is 6.68. The van der Waals surface area contributed by atoms with Gasteiger partial charge in [0.1, 0.15) is 11.5 Å². The highest BCUT2D eigenvalue weighted by atomic mass is 16.4. The monoisotopic (exact) mass is 190 g/mol. The molecule has 2 aliphatic rings. The Balaban J connectivity index is 2.36. The van der Waals surface area contributed by atoms with Crippen LogP contribution in [0.3, 0.4) is 0 Å². The molecule has 72 valence electrons. The largest absolute Gasteiger partial charge is 0.477 e. The van der Waals surface area contributed by atoms with Crippen molar-refractivity contribution in [2.24, 2.45) is 4.99 Å². The zero-order valence-electron chi connectivity index (χ0n) is 7.71. The number of aliphatic imine (C=N–C) groups is 1. The molecule has 2 aliphatic heterocycles. The number of carboxylic acid groups (broad SMARTS) is 1. The SMILES string of the molecule is CC1=NC(C(=O)O)=CC2C=CC=CN12. The molecule has 2 rings (SSSR count). The van der Waals surface area contributed by atoms with Crippen LogP contribution < -0.4 is 0 Å². The molecule has 2 heterocycles. The number of amidine groups is 1. The molecular formula is C10H10N2O2. The predicted octanol–water partition coefficient (Wildman–Crippen LogP) is 1.14. The summed E-state index contributed by atoms with van der Waals surface area (Å²) in [4.78, 5) is 16.6. The molecule has 0 radical (unpaired) electrons. The van der Waals surface area contributed by atoms with Crippen molar-refractivity contribution >= 4 is 11.8 Å². The van der Waals surface area contributed by atoms with Gasteiger partial charge < -0.3 is 10.0 Å². The molecule has 0 bridgehead atoms. The number of aliphatic carboxylic acids is 1. The zero-order chi connectivity index (χ0) is 10.1. The van der Waals surface area contributed by atoms with E-state index >= 15 is 0 Å². The van der Waals surface area contributed by atoms with E-state index in [9.17, 15) is 4.79 Å². The third kappa shape index (κ3) is 1.35. The van der Waals surface area contributed by atoms with Gasteiger partial charge in [-0.2, -0.15) is 0 Å². The number of hydrogen-bond donors (Lipinski definition) is 1. The minimum atomic E-state index is -0.980. The highest BCUT2D eigenvalue weighted by Crippen LogP contribution is 2.18. The standard InChI is InChI=1S/C10H10N2O2/c1-7-11-9(10(13)14)6-8-4-2-3-5-12(7)8/h2-6,8H,1H3,(H,13,14). The number of fused-ring (bicyclic) bond motifs is 1. The van der Waals surface area contributed by atoms with Crippen LogP contribution in [0.1, 0.15) is 6.92 Å². The predicted molar refractivity (Wildman–Crippen MR) is 52.7 cm³/mol. The van der Waals surface area contributed by atoms with Crippen LogP contribution in [0, 0.1) is 0 Å². The van der Waals surface area contributed by atoms with Gasteiger partial charge in [-0.25, -0.2) is 9.79 Å². The lowest BCUT2D eigenvalue weighted by molar-refractivity contribution is -0.132. The van der Waals surface area contributed by atoms with Crippen LogP contribution in [0.5, 0.6) is 0 Å². The van der Waals surface area contributed by atoms with Crippen molar-refractivity contribution in [3.05, 3.63) is 36.2 Å². The van der Waals surface area contributed by atoms with Crippen molar-refractivity contribution in [3.63, 3.8) is 0 Å². The van der Waals surface area contributed by atoms with Crippen LogP contribution in [-0.4, -0.2) is 27.9 Å². The van der Waals surface area contributed by atoms with E-state index in [2.05, 4.69) is 4.99 Å². The second kappa shape index (κ2) is 3.14. The summed E-state index contributed by atoms with van der Waals surface area (Å²) in [6.07, 6.45) is 9.25. The van der Waals surface area contributed by atoms with E-state index in [1.807, 2.05) is 29.3 Å². The Morgan fingerprint density at radius 3 is 3.07 bits per heavy atom. The van der Waals surface area contributed by atoms with Crippen LogP contribution in [0.15, 0.2) is 41.2 Å². The Kier molecular flexibility index (Phi) is 1.96. The third-order valence-electron chi connectivity index (χ3n) is 2.19. The summed E-state index contributed by atoms with van der Waals surface area (Å²) >= 11 is 0. The fourth-order valence-electron chi connectivity index (χ4n) is 1.52. The topological polar surface area (TPSA) is 52.9 Å². The first-order valence-electron chi connectivity index (χ1n) is 4.32. The summed E-state index contributed by atoms with van der Waals surface area (Å²) in [5, 5.41) is 8.81. The zero-order valence-corrected chi connectivity index (χ0v) is 7.71. The minimum Gasteiger partial charge on any atom is -0.477 e. The number of nitrogens with zero attached hydrogens (tertiary/aromatic N) is 2. The Morgan fingerprint density at radius 1 is 1.57 bits per heavy atom. The molecule has 0 amide bonds. The van der Waals surface area contributed by atoms with Gasteiger partial charge in [0.05, 0.1) is 6.04 Å². The van der Waals surface area contributed by atoms with E-state index < -0.39 is 5.97 Å². The van der Waals surface area contributed by atoms with E-state index in [1.54, 1.807) is 13.0 Å². The summed E-state index contributed by atoms with van der Waals surface area (Å²) < 4.78 is 0. The summed E-state index contributed by atoms with van der Waals surface area (Å²) in [5.74, 6) is -0.276. The Morgan fingerprint density at radius 2 is 2.36 bits per heavy atom. The molecule has 1 unspecified atom stereocenters. The second-order valence-corrected chi connectivity index (χ2v) is 3.14. The number of hydrogen-bond acceptors (Lipinski definition) is 3. The molecule has 1 N–H and O–H groups in total. The Labute approximate surface area is 81.6 Å². The molecule has 0 aliphatic carbocycles. The van der Waals surface area contributed by atoms with E-state index in [-0.39, 0.29) is 11.7 Å². The van der Waals surface area contributed by atoms with Gasteiger partial charge in [-0.15, -0.1) is 0 Å². The molecule has 0 saturated carbocycles. The lowest BCUT2D eigenvalue weighted by Gasteiger charge is -2.30. The lowest BCUT2D eigenvalue weighted by Crippen LogP contribution is -2.36. The van der Waals surface area contributed by atoms with E-state index in [1.165, 1.54) is 0 Å². The van der Waals surface area contributed by atoms with Crippen LogP contribution in [0.2, 0.25) is 0 Å². The van der Waals surface area contributed by atoms with E-state index in [0.717, 1.165) is 0 Å². The van der Waals surface area contributed by atoms with Gasteiger partial charge in [0.2, 0.25) is 0 Å². The smallest absolute Gasteiger partial charge is 0.354 e. The van der Waals surface area contributed by atoms with Gasteiger partial charge in [0.15, 0.2) is 0 Å². The Hall–Kier alpha value is -1.84. The normalized spacial score (nSPS) is 24.1. The fraction of sp³-hybridized carbons (Fsp3) is 0.200. The molecule has 0 saturated heterocycles. The average molecular weight is 190 g/mol. The summed E-state index contributed by atoms with van der Waals surface area (Å²) in [7, 11) is 0. The van der Waals surface area contributed by atoms with Crippen molar-refractivity contribution in [3.8, 4) is 0 Å². The fourth-order valence-corrected chi connectivity index (χ4v) is 1.52. The van der Waals surface area contributed by atoms with Crippen LogP contribution in [-0.2, 0) is 4.79 Å². The van der Waals surface area contributed by atoms with Crippen LogP contribution in [0.4, 0.5) is 0 Å². The number of allylic oxidation sites excluding steroid dienone is 2. The molecule has 14 heavy (non-hydrogen) atoms. The number of carboxylic acids is 1. The molecule has 1 atom stereocenters. The van der Waals surface area contributed by atoms with Gasteiger partial charge in [-0.05, 0) is 19.1 Å². The second-order valence-electron chi connectivity index (χ2n) is 3.14. The van der Waals surface area contributed by atoms with E-state index in [4.69, 9.17) is 5.11 Å². The molecule has 4 nitrogen and oxygen atoms in total. The van der Waals surface area contributed by atoms with Crippen LogP contribution in [0.25, 0.3) is 0 Å². The third-order valence-corrected chi connectivity index (χ3v) is 2.19. The van der Waals surface area contributed by atoms with Crippen molar-refractivity contribution in [1.29, 1.82) is 0 Å². The highest BCUT2D eigenvalue weighted by molar-refractivity contribution is 5.94. The molecule has 0 aromatic heterocycles. The Bertz CT molecular complexity index is 391. The van der Waals surface area contributed by atoms with Crippen molar-refractivity contribution in [2.45, 2.75) is 13.0 Å². The highest BCUT2D eigenvalue weighted by Gasteiger charge is 2.22. The number of rotatable bonds is 1. The lowest BCUT2D eigenvalue weighted by atomic mass is 10.1. The number of carbonyl (C=O) groups is 1. The quantitative estimate of drug-likeness (QED) is 0.674. The first-order valence-corrected chi connectivity index (χ1v) is 4.32. The molecule has 0 fully saturated rings. The van der Waals surface area contributed by atoms with Gasteiger partial charge in [0.25, 0.3) is 0 Å². The van der Waals surface area contributed by atoms with Crippen molar-refractivity contribution in [2.75, 3.05) is 0 Å². The maximum absolute atomic E-state index is 10.7. The average Bonchev–Trinajstić information content (AvgIpc) is 2.17. The van der Waals surface area contributed by atoms with Crippen molar-refractivity contribution in [1.82, 2.24) is 4.90 Å². The van der Waals surface area contributed by atoms with E-state index in [0.29, 0.717) is 5.84 Å². The molecule has 0 aromatic rings. The molecule has 4 heteroatoms. The minimum absolute atomic E-state index is 0.0106. The van der Waals surface area contributed by atoms with Gasteiger partial charge in [0, 0.05) is 6.20 Å². The molecule has 0 spiro atoms. The van der Waals surface area contributed by atoms with Gasteiger partial charge in [-0.1, -0.05) is 12.2 Å². The van der Waals surface area contributed by atoms with Crippen molar-refractivity contribution < 1.29 is 9.90 Å². The summed E-state index contributed by atoms with van der Waals surface area (Å²) in [6.45, 7) is 1.80. The maximum Gasteiger partial charge on any atom is 0.354 e. The summed E-state index contributed by atoms with van der Waals surface area (Å²) in [5.41, 5.74) is 0.115.